The van der Waals surface area contributed by atoms with Crippen LogP contribution in [0.4, 0.5) is 5.69 Å². The van der Waals surface area contributed by atoms with Gasteiger partial charge in [0.05, 0.1) is 17.7 Å². The molecule has 1 fully saturated rings. The Bertz CT molecular complexity index is 509. The number of rotatable bonds is 3. The molecule has 114 valence electrons. The average molecular weight is 306 g/mol. The van der Waals surface area contributed by atoms with Gasteiger partial charge in [-0.3, -0.25) is 4.79 Å². The van der Waals surface area contributed by atoms with Crippen molar-refractivity contribution in [1.29, 1.82) is 0 Å². The van der Waals surface area contributed by atoms with E-state index >= 15 is 0 Å². The first-order chi connectivity index (χ1) is 10.3. The number of methoxy groups -OCH3 is 1. The molecule has 21 heavy (non-hydrogen) atoms. The van der Waals surface area contributed by atoms with E-state index < -0.39 is 0 Å². The van der Waals surface area contributed by atoms with Gasteiger partial charge in [-0.1, -0.05) is 12.1 Å². The summed E-state index contributed by atoms with van der Waals surface area (Å²) in [7, 11) is 1.69. The van der Waals surface area contributed by atoms with E-state index in [2.05, 4.69) is 17.4 Å². The molecule has 1 saturated heterocycles. The predicted octanol–water partition coefficient (Wildman–Crippen LogP) is 2.14. The van der Waals surface area contributed by atoms with Crippen molar-refractivity contribution in [2.24, 2.45) is 5.41 Å². The molecule has 0 bridgehead atoms. The fourth-order valence-corrected chi connectivity index (χ4v) is 4.26. The number of hydrogen-bond donors (Lipinski definition) is 1. The number of amides is 1. The van der Waals surface area contributed by atoms with Crippen molar-refractivity contribution in [2.45, 2.75) is 17.7 Å². The number of carbonyl (C=O) groups is 1. The van der Waals surface area contributed by atoms with E-state index in [0.29, 0.717) is 6.61 Å². The third kappa shape index (κ3) is 2.82. The number of nitrogens with zero attached hydrogens (tertiary/aromatic N) is 1. The van der Waals surface area contributed by atoms with E-state index in [4.69, 9.17) is 4.74 Å². The fraction of sp³-hybridized carbons (Fsp3) is 0.562. The van der Waals surface area contributed by atoms with E-state index in [0.717, 1.165) is 43.9 Å². The van der Waals surface area contributed by atoms with Crippen LogP contribution in [-0.4, -0.2) is 45.0 Å². The minimum Gasteiger partial charge on any atom is -0.384 e. The van der Waals surface area contributed by atoms with Crippen molar-refractivity contribution in [3.05, 3.63) is 24.3 Å². The number of piperidine rings is 1. The van der Waals surface area contributed by atoms with Gasteiger partial charge < -0.3 is 15.0 Å². The maximum atomic E-state index is 13.2. The molecule has 0 atom stereocenters. The number of thioether (sulfide) groups is 1. The number of carbonyl (C=O) groups excluding carboxylic acids is 1. The highest BCUT2D eigenvalue weighted by molar-refractivity contribution is 7.99. The Morgan fingerprint density at radius 2 is 2.14 bits per heavy atom. The lowest BCUT2D eigenvalue weighted by Crippen LogP contribution is -2.52. The first-order valence-electron chi connectivity index (χ1n) is 7.50. The van der Waals surface area contributed by atoms with Gasteiger partial charge in [-0.2, -0.15) is 0 Å². The second-order valence-corrected chi connectivity index (χ2v) is 6.87. The molecule has 0 aliphatic carbocycles. The highest BCUT2D eigenvalue weighted by atomic mass is 32.2. The molecule has 2 aliphatic rings. The van der Waals surface area contributed by atoms with Gasteiger partial charge >= 0.3 is 0 Å². The van der Waals surface area contributed by atoms with Crippen LogP contribution < -0.4 is 10.2 Å². The zero-order valence-electron chi connectivity index (χ0n) is 12.4. The van der Waals surface area contributed by atoms with Crippen LogP contribution in [-0.2, 0) is 9.53 Å². The number of hydrogen-bond acceptors (Lipinski definition) is 4. The summed E-state index contributed by atoms with van der Waals surface area (Å²) in [6, 6.07) is 8.21. The molecule has 0 aromatic heterocycles. The topological polar surface area (TPSA) is 41.6 Å². The number of benzene rings is 1. The lowest BCUT2D eigenvalue weighted by Gasteiger charge is -2.41. The van der Waals surface area contributed by atoms with Gasteiger partial charge in [-0.15, -0.1) is 11.8 Å². The highest BCUT2D eigenvalue weighted by Gasteiger charge is 2.43. The maximum Gasteiger partial charge on any atom is 0.235 e. The number of anilines is 1. The summed E-state index contributed by atoms with van der Waals surface area (Å²) in [6.07, 6.45) is 1.71. The summed E-state index contributed by atoms with van der Waals surface area (Å²) in [5.41, 5.74) is 0.697. The summed E-state index contributed by atoms with van der Waals surface area (Å²) in [5.74, 6) is 1.20. The maximum absolute atomic E-state index is 13.2. The van der Waals surface area contributed by atoms with Crippen molar-refractivity contribution >= 4 is 23.4 Å². The first-order valence-corrected chi connectivity index (χ1v) is 8.49. The average Bonchev–Trinajstić information content (AvgIpc) is 2.55. The van der Waals surface area contributed by atoms with Crippen molar-refractivity contribution in [3.8, 4) is 0 Å². The standard InChI is InChI=1S/C16H22N2O2S/c1-20-12-16(6-8-17-9-7-16)15(19)18-10-11-21-14-5-3-2-4-13(14)18/h2-5,17H,6-12H2,1H3. The minimum absolute atomic E-state index is 0.235. The van der Waals surface area contributed by atoms with Gasteiger partial charge in [-0.05, 0) is 38.1 Å². The monoisotopic (exact) mass is 306 g/mol. The van der Waals surface area contributed by atoms with Gasteiger partial charge in [0.1, 0.15) is 0 Å². The normalized spacial score (nSPS) is 20.9. The Morgan fingerprint density at radius 3 is 2.90 bits per heavy atom. The molecule has 0 spiro atoms. The molecule has 3 rings (SSSR count). The number of ether oxygens (including phenoxy) is 1. The van der Waals surface area contributed by atoms with Crippen molar-refractivity contribution in [1.82, 2.24) is 5.32 Å². The molecule has 5 heteroatoms. The van der Waals surface area contributed by atoms with E-state index in [1.165, 1.54) is 4.90 Å². The molecule has 1 N–H and O–H groups in total. The van der Waals surface area contributed by atoms with Crippen LogP contribution in [0, 0.1) is 5.41 Å². The SMILES string of the molecule is COCC1(C(=O)N2CCSc3ccccc32)CCNCC1. The second-order valence-electron chi connectivity index (χ2n) is 5.74. The van der Waals surface area contributed by atoms with Gasteiger partial charge in [0.2, 0.25) is 5.91 Å². The lowest BCUT2D eigenvalue weighted by atomic mass is 9.78. The summed E-state index contributed by atoms with van der Waals surface area (Å²) in [6.45, 7) is 3.08. The molecular weight excluding hydrogens is 284 g/mol. The van der Waals surface area contributed by atoms with Crippen molar-refractivity contribution in [2.75, 3.05) is 44.0 Å². The van der Waals surface area contributed by atoms with E-state index in [9.17, 15) is 4.79 Å². The molecule has 1 aromatic carbocycles. The van der Waals surface area contributed by atoms with Crippen LogP contribution in [0.25, 0.3) is 0 Å². The van der Waals surface area contributed by atoms with Crippen LogP contribution in [0.3, 0.4) is 0 Å². The summed E-state index contributed by atoms with van der Waals surface area (Å²) in [5, 5.41) is 3.34. The van der Waals surface area contributed by atoms with Crippen LogP contribution in [0.1, 0.15) is 12.8 Å². The molecule has 2 heterocycles. The van der Waals surface area contributed by atoms with E-state index in [-0.39, 0.29) is 11.3 Å². The van der Waals surface area contributed by atoms with Gasteiger partial charge in [0, 0.05) is 24.3 Å². The summed E-state index contributed by atoms with van der Waals surface area (Å²) in [4.78, 5) is 16.4. The molecule has 4 nitrogen and oxygen atoms in total. The second kappa shape index (κ2) is 6.38. The molecule has 1 amide bonds. The third-order valence-electron chi connectivity index (χ3n) is 4.41. The van der Waals surface area contributed by atoms with E-state index in [1.54, 1.807) is 7.11 Å². The third-order valence-corrected chi connectivity index (χ3v) is 5.45. The van der Waals surface area contributed by atoms with Gasteiger partial charge in [0.25, 0.3) is 0 Å². The summed E-state index contributed by atoms with van der Waals surface area (Å²) >= 11 is 1.83. The number of fused-ring (bicyclic) bond motifs is 1. The molecule has 0 radical (unpaired) electrons. The minimum atomic E-state index is -0.366. The largest absolute Gasteiger partial charge is 0.384 e. The van der Waals surface area contributed by atoms with Crippen molar-refractivity contribution in [3.63, 3.8) is 0 Å². The lowest BCUT2D eigenvalue weighted by molar-refractivity contribution is -0.133. The van der Waals surface area contributed by atoms with Crippen LogP contribution in [0.5, 0.6) is 0 Å². The highest BCUT2D eigenvalue weighted by Crippen LogP contribution is 2.39. The molecular formula is C16H22N2O2S. The zero-order valence-corrected chi connectivity index (χ0v) is 13.2. The number of para-hydroxylation sites is 1. The Balaban J connectivity index is 1.90. The molecule has 2 aliphatic heterocycles. The Morgan fingerprint density at radius 1 is 1.38 bits per heavy atom. The Labute approximate surface area is 130 Å². The zero-order chi connectivity index (χ0) is 14.7. The quantitative estimate of drug-likeness (QED) is 0.929. The van der Waals surface area contributed by atoms with E-state index in [1.807, 2.05) is 28.8 Å². The van der Waals surface area contributed by atoms with Crippen LogP contribution in [0.15, 0.2) is 29.2 Å². The molecule has 0 saturated carbocycles. The Kier molecular flexibility index (Phi) is 4.52. The predicted molar refractivity (Wildman–Crippen MR) is 85.9 cm³/mol. The van der Waals surface area contributed by atoms with Crippen LogP contribution in [0.2, 0.25) is 0 Å². The van der Waals surface area contributed by atoms with Gasteiger partial charge in [0.15, 0.2) is 0 Å². The summed E-state index contributed by atoms with van der Waals surface area (Å²) < 4.78 is 5.40. The number of nitrogens with one attached hydrogen (secondary N) is 1. The molecule has 1 aromatic rings. The first kappa shape index (κ1) is 14.9. The molecule has 0 unspecified atom stereocenters. The Hall–Kier alpha value is -1.04. The van der Waals surface area contributed by atoms with Crippen molar-refractivity contribution < 1.29 is 9.53 Å². The van der Waals surface area contributed by atoms with Gasteiger partial charge in [-0.25, -0.2) is 0 Å². The smallest absolute Gasteiger partial charge is 0.235 e. The fourth-order valence-electron chi connectivity index (χ4n) is 3.27. The van der Waals surface area contributed by atoms with Crippen LogP contribution >= 0.6 is 11.8 Å².